The monoisotopic (exact) mass is 564 g/mol. The zero-order valence-electron chi connectivity index (χ0n) is 22.0. The van der Waals surface area contributed by atoms with Crippen LogP contribution in [-0.4, -0.2) is 43.3 Å². The third kappa shape index (κ3) is 4.97. The zero-order valence-corrected chi connectivity index (χ0v) is 23.5. The van der Waals surface area contributed by atoms with Crippen molar-refractivity contribution in [2.75, 3.05) is 29.7 Å². The first-order chi connectivity index (χ1) is 18.6. The molecule has 11 heteroatoms. The summed E-state index contributed by atoms with van der Waals surface area (Å²) in [6.07, 6.45) is 3.25. The van der Waals surface area contributed by atoms with Crippen LogP contribution in [0, 0.1) is 0 Å². The molecule has 4 aromatic rings. The molecule has 0 radical (unpaired) electrons. The van der Waals surface area contributed by atoms with E-state index < -0.39 is 9.73 Å². The number of amides is 1. The molecule has 0 unspecified atom stereocenters. The summed E-state index contributed by atoms with van der Waals surface area (Å²) in [5.41, 5.74) is 11.5. The van der Waals surface area contributed by atoms with Gasteiger partial charge in [-0.05, 0) is 55.7 Å². The normalized spacial score (nSPS) is 14.4. The number of aromatic nitrogens is 3. The third-order valence-corrected chi connectivity index (χ3v) is 9.47. The van der Waals surface area contributed by atoms with Gasteiger partial charge >= 0.3 is 0 Å². The molecule has 0 atom stereocenters. The Morgan fingerprint density at radius 1 is 1.21 bits per heavy atom. The lowest BCUT2D eigenvalue weighted by Crippen LogP contribution is -2.11. The van der Waals surface area contributed by atoms with E-state index >= 15 is 0 Å². The fourth-order valence-corrected chi connectivity index (χ4v) is 7.31. The fourth-order valence-electron chi connectivity index (χ4n) is 4.83. The second-order valence-electron chi connectivity index (χ2n) is 9.54. The Bertz CT molecular complexity index is 1760. The van der Waals surface area contributed by atoms with E-state index in [0.717, 1.165) is 29.7 Å². The minimum absolute atomic E-state index is 0.288. The van der Waals surface area contributed by atoms with E-state index in [1.807, 2.05) is 35.9 Å². The van der Waals surface area contributed by atoms with E-state index in [4.69, 9.17) is 22.1 Å². The molecular formula is C28H29ClN6O3S. The molecule has 2 aromatic heterocycles. The van der Waals surface area contributed by atoms with Crippen molar-refractivity contribution >= 4 is 55.5 Å². The highest BCUT2D eigenvalue weighted by Gasteiger charge is 2.25. The molecule has 0 aliphatic carbocycles. The molecule has 0 saturated carbocycles. The van der Waals surface area contributed by atoms with Gasteiger partial charge in [-0.3, -0.25) is 4.79 Å². The van der Waals surface area contributed by atoms with Crippen molar-refractivity contribution in [3.05, 3.63) is 59.9 Å². The fraction of sp³-hybridized carbons (Fsp3) is 0.250. The number of ether oxygens (including phenoxy) is 1. The molecule has 39 heavy (non-hydrogen) atoms. The smallest absolute Gasteiger partial charge is 0.250 e. The van der Waals surface area contributed by atoms with E-state index in [0.29, 0.717) is 61.6 Å². The average molecular weight is 565 g/mol. The maximum Gasteiger partial charge on any atom is 0.250 e. The van der Waals surface area contributed by atoms with Crippen LogP contribution in [0.5, 0.6) is 5.75 Å². The minimum atomic E-state index is -2.28. The molecule has 1 fully saturated rings. The van der Waals surface area contributed by atoms with Crippen LogP contribution in [0.15, 0.2) is 59.2 Å². The number of rotatable bonds is 6. The number of nitrogens with two attached hydrogens (primary N) is 1. The second kappa shape index (κ2) is 10.3. The van der Waals surface area contributed by atoms with E-state index in [1.54, 1.807) is 26.2 Å². The van der Waals surface area contributed by atoms with Crippen LogP contribution in [0.25, 0.3) is 33.4 Å². The number of halogens is 1. The molecule has 5 rings (SSSR count). The molecule has 1 aliphatic heterocycles. The molecule has 9 nitrogen and oxygen atoms in total. The minimum Gasteiger partial charge on any atom is -0.494 e. The van der Waals surface area contributed by atoms with Gasteiger partial charge < -0.3 is 20.4 Å². The molecule has 2 aromatic carbocycles. The Hall–Kier alpha value is -3.89. The van der Waals surface area contributed by atoms with Gasteiger partial charge in [0.15, 0.2) is 0 Å². The standard InChI is InChI=1S/C28H29ClN6O3S/c1-16(2)28(36)33-18-8-9-19(20(29)14-18)25-23(24-26(30)31-15-32-27(24)35(25)3)17-7-10-21(22(13-17)38-4)34-39(37)11-5-6-12-39/h7-10,13-15H,1,5-6,11-12H2,2-4H3,(H,33,36)(H2,30,31,32). The first-order valence-electron chi connectivity index (χ1n) is 12.4. The number of fused-ring (bicyclic) bond motifs is 1. The molecule has 3 heterocycles. The second-order valence-corrected chi connectivity index (χ2v) is 12.5. The SMILES string of the molecule is C=C(C)C(=O)Nc1ccc(-c2c(-c3ccc(N=S4(=O)CCCC4)c(OC)c3)c3c(N)ncnc3n2C)c(Cl)c1. The molecule has 3 N–H and O–H groups in total. The van der Waals surface area contributed by atoms with Gasteiger partial charge in [-0.25, -0.2) is 14.2 Å². The van der Waals surface area contributed by atoms with Gasteiger partial charge in [0.1, 0.15) is 29.2 Å². The van der Waals surface area contributed by atoms with Gasteiger partial charge in [0.25, 0.3) is 5.91 Å². The molecule has 202 valence electrons. The Morgan fingerprint density at radius 2 is 1.95 bits per heavy atom. The maximum atomic E-state index is 13.1. The van der Waals surface area contributed by atoms with E-state index in [9.17, 15) is 9.00 Å². The van der Waals surface area contributed by atoms with Crippen molar-refractivity contribution in [3.63, 3.8) is 0 Å². The number of nitrogens with one attached hydrogen (secondary N) is 1. The van der Waals surface area contributed by atoms with Crippen molar-refractivity contribution in [2.24, 2.45) is 11.4 Å². The van der Waals surface area contributed by atoms with Gasteiger partial charge in [0.05, 0.1) is 32.9 Å². The predicted octanol–water partition coefficient (Wildman–Crippen LogP) is 5.95. The summed E-state index contributed by atoms with van der Waals surface area (Å²) in [7, 11) is 1.17. The van der Waals surface area contributed by atoms with E-state index in [-0.39, 0.29) is 5.91 Å². The summed E-state index contributed by atoms with van der Waals surface area (Å²) in [5, 5.41) is 3.88. The number of hydrogen-bond acceptors (Lipinski definition) is 7. The Labute approximate surface area is 232 Å². The van der Waals surface area contributed by atoms with Gasteiger partial charge in [-0.1, -0.05) is 24.2 Å². The lowest BCUT2D eigenvalue weighted by Gasteiger charge is -2.14. The Balaban J connectivity index is 1.71. The zero-order chi connectivity index (χ0) is 27.9. The van der Waals surface area contributed by atoms with Crippen LogP contribution < -0.4 is 15.8 Å². The quantitative estimate of drug-likeness (QED) is 0.279. The summed E-state index contributed by atoms with van der Waals surface area (Å²) in [5.74, 6) is 1.73. The summed E-state index contributed by atoms with van der Waals surface area (Å²) < 4.78 is 25.3. The van der Waals surface area contributed by atoms with Crippen molar-refractivity contribution in [2.45, 2.75) is 19.8 Å². The topological polar surface area (TPSA) is 124 Å². The Morgan fingerprint density at radius 3 is 2.62 bits per heavy atom. The van der Waals surface area contributed by atoms with Crippen LogP contribution in [0.4, 0.5) is 17.2 Å². The number of hydrogen-bond donors (Lipinski definition) is 2. The number of benzene rings is 2. The van der Waals surface area contributed by atoms with Crippen molar-refractivity contribution in [1.82, 2.24) is 14.5 Å². The van der Waals surface area contributed by atoms with Gasteiger partial charge in [0, 0.05) is 40.9 Å². The maximum absolute atomic E-state index is 13.1. The van der Waals surface area contributed by atoms with Gasteiger partial charge in [-0.2, -0.15) is 4.36 Å². The first-order valence-corrected chi connectivity index (χ1v) is 14.6. The average Bonchev–Trinajstić information content (AvgIpc) is 3.46. The lowest BCUT2D eigenvalue weighted by atomic mass is 9.98. The molecule has 0 bridgehead atoms. The van der Waals surface area contributed by atoms with Crippen LogP contribution in [0.1, 0.15) is 19.8 Å². The van der Waals surface area contributed by atoms with E-state index in [1.165, 1.54) is 6.33 Å². The summed E-state index contributed by atoms with van der Waals surface area (Å²) in [6, 6.07) is 10.9. The predicted molar refractivity (Wildman–Crippen MR) is 158 cm³/mol. The van der Waals surface area contributed by atoms with Crippen molar-refractivity contribution < 1.29 is 13.7 Å². The highest BCUT2D eigenvalue weighted by Crippen LogP contribution is 2.46. The van der Waals surface area contributed by atoms with E-state index in [2.05, 4.69) is 26.2 Å². The van der Waals surface area contributed by atoms with Gasteiger partial charge in [0.2, 0.25) is 0 Å². The highest BCUT2D eigenvalue weighted by molar-refractivity contribution is 7.93. The van der Waals surface area contributed by atoms with Crippen molar-refractivity contribution in [1.29, 1.82) is 0 Å². The van der Waals surface area contributed by atoms with Crippen LogP contribution in [0.3, 0.4) is 0 Å². The lowest BCUT2D eigenvalue weighted by molar-refractivity contribution is -0.112. The number of aryl methyl sites for hydroxylation is 1. The van der Waals surface area contributed by atoms with Crippen LogP contribution in [-0.2, 0) is 21.6 Å². The van der Waals surface area contributed by atoms with Crippen LogP contribution in [0.2, 0.25) is 5.02 Å². The number of anilines is 2. The molecular weight excluding hydrogens is 536 g/mol. The van der Waals surface area contributed by atoms with Gasteiger partial charge in [-0.15, -0.1) is 0 Å². The number of nitrogens with zero attached hydrogens (tertiary/aromatic N) is 4. The summed E-state index contributed by atoms with van der Waals surface area (Å²) in [4.78, 5) is 20.9. The van der Waals surface area contributed by atoms with Crippen molar-refractivity contribution in [3.8, 4) is 28.1 Å². The largest absolute Gasteiger partial charge is 0.494 e. The summed E-state index contributed by atoms with van der Waals surface area (Å²) >= 11 is 6.79. The molecule has 1 saturated heterocycles. The van der Waals surface area contributed by atoms with Crippen LogP contribution >= 0.6 is 11.6 Å². The Kier molecular flexibility index (Phi) is 7.09. The molecule has 1 amide bonds. The number of methoxy groups -OCH3 is 1. The highest BCUT2D eigenvalue weighted by atomic mass is 35.5. The molecule has 1 aliphatic rings. The number of carbonyl (C=O) groups is 1. The molecule has 0 spiro atoms. The third-order valence-electron chi connectivity index (χ3n) is 6.78. The number of carbonyl (C=O) groups excluding carboxylic acids is 1. The first kappa shape index (κ1) is 26.7. The summed E-state index contributed by atoms with van der Waals surface area (Å²) in [6.45, 7) is 5.31. The number of nitrogen functional groups attached to an aromatic ring is 1.